The van der Waals surface area contributed by atoms with Crippen LogP contribution in [-0.4, -0.2) is 24.2 Å². The molecule has 0 aliphatic heterocycles. The lowest BCUT2D eigenvalue weighted by Gasteiger charge is -2.23. The Labute approximate surface area is 104 Å². The lowest BCUT2D eigenvalue weighted by molar-refractivity contribution is -0.136. The number of rotatable bonds is 6. The van der Waals surface area contributed by atoms with E-state index in [9.17, 15) is 4.79 Å². The molecule has 0 unspecified atom stereocenters. The monoisotopic (exact) mass is 285 g/mol. The van der Waals surface area contributed by atoms with Gasteiger partial charge in [-0.25, -0.2) is 0 Å². The molecule has 0 heterocycles. The van der Waals surface area contributed by atoms with Gasteiger partial charge in [-0.1, -0.05) is 22.9 Å². The second kappa shape index (κ2) is 6.53. The predicted molar refractivity (Wildman–Crippen MR) is 68.9 cm³/mol. The van der Waals surface area contributed by atoms with Gasteiger partial charge in [0.15, 0.2) is 0 Å². The van der Waals surface area contributed by atoms with Crippen LogP contribution in [-0.2, 0) is 4.79 Å². The van der Waals surface area contributed by atoms with Crippen molar-refractivity contribution in [3.8, 4) is 0 Å². The standard InChI is InChI=1S/C12H16BrNO2/c1-2-8-14(9-7-12(15)16)11-5-3-10(13)4-6-11/h3-6H,2,7-9H2,1H3,(H,15,16). The van der Waals surface area contributed by atoms with Gasteiger partial charge >= 0.3 is 5.97 Å². The first-order valence-electron chi connectivity index (χ1n) is 5.35. The molecular formula is C12H16BrNO2. The molecule has 1 N–H and O–H groups in total. The Balaban J connectivity index is 2.68. The number of aliphatic carboxylic acids is 1. The number of nitrogens with zero attached hydrogens (tertiary/aromatic N) is 1. The van der Waals surface area contributed by atoms with Crippen LogP contribution in [0.3, 0.4) is 0 Å². The Hall–Kier alpha value is -1.03. The molecule has 1 aromatic rings. The van der Waals surface area contributed by atoms with E-state index in [4.69, 9.17) is 5.11 Å². The zero-order valence-corrected chi connectivity index (χ0v) is 10.9. The smallest absolute Gasteiger partial charge is 0.305 e. The third-order valence-corrected chi connectivity index (χ3v) is 2.81. The summed E-state index contributed by atoms with van der Waals surface area (Å²) in [6.45, 7) is 3.53. The maximum Gasteiger partial charge on any atom is 0.305 e. The normalized spacial score (nSPS) is 10.1. The summed E-state index contributed by atoms with van der Waals surface area (Å²) in [6, 6.07) is 7.95. The van der Waals surface area contributed by atoms with E-state index in [1.54, 1.807) is 0 Å². The summed E-state index contributed by atoms with van der Waals surface area (Å²) in [5, 5.41) is 8.69. The summed E-state index contributed by atoms with van der Waals surface area (Å²) < 4.78 is 1.03. The zero-order chi connectivity index (χ0) is 12.0. The molecule has 0 amide bonds. The molecule has 0 radical (unpaired) electrons. The first kappa shape index (κ1) is 13.0. The van der Waals surface area contributed by atoms with E-state index in [1.807, 2.05) is 24.3 Å². The average molecular weight is 286 g/mol. The van der Waals surface area contributed by atoms with Crippen LogP contribution in [0.5, 0.6) is 0 Å². The van der Waals surface area contributed by atoms with Crippen LogP contribution >= 0.6 is 15.9 Å². The molecule has 1 aromatic carbocycles. The number of anilines is 1. The van der Waals surface area contributed by atoms with Crippen LogP contribution in [0.25, 0.3) is 0 Å². The molecule has 1 rings (SSSR count). The molecule has 0 saturated carbocycles. The van der Waals surface area contributed by atoms with Crippen molar-refractivity contribution in [2.45, 2.75) is 19.8 Å². The molecule has 0 fully saturated rings. The average Bonchev–Trinajstić information content (AvgIpc) is 2.25. The van der Waals surface area contributed by atoms with Crippen LogP contribution in [0.4, 0.5) is 5.69 Å². The SMILES string of the molecule is CCCN(CCC(=O)O)c1ccc(Br)cc1. The lowest BCUT2D eigenvalue weighted by Crippen LogP contribution is -2.26. The zero-order valence-electron chi connectivity index (χ0n) is 9.32. The Bertz CT molecular complexity index is 337. The third kappa shape index (κ3) is 4.23. The first-order chi connectivity index (χ1) is 7.63. The molecule has 0 atom stereocenters. The van der Waals surface area contributed by atoms with Gasteiger partial charge in [-0.2, -0.15) is 0 Å². The summed E-state index contributed by atoms with van der Waals surface area (Å²) in [5.41, 5.74) is 1.08. The van der Waals surface area contributed by atoms with E-state index in [0.717, 1.165) is 23.1 Å². The van der Waals surface area contributed by atoms with E-state index >= 15 is 0 Å². The number of hydrogen-bond acceptors (Lipinski definition) is 2. The van der Waals surface area contributed by atoms with Crippen molar-refractivity contribution in [2.75, 3.05) is 18.0 Å². The predicted octanol–water partition coefficient (Wildman–Crippen LogP) is 3.14. The molecule has 88 valence electrons. The minimum atomic E-state index is -0.752. The van der Waals surface area contributed by atoms with Gasteiger partial charge in [0.05, 0.1) is 6.42 Å². The minimum absolute atomic E-state index is 0.177. The van der Waals surface area contributed by atoms with Crippen molar-refractivity contribution in [3.63, 3.8) is 0 Å². The van der Waals surface area contributed by atoms with Crippen LogP contribution < -0.4 is 4.90 Å². The maximum atomic E-state index is 10.6. The highest BCUT2D eigenvalue weighted by atomic mass is 79.9. The molecule has 3 nitrogen and oxygen atoms in total. The fourth-order valence-electron chi connectivity index (χ4n) is 1.52. The van der Waals surface area contributed by atoms with Crippen LogP contribution in [0.15, 0.2) is 28.7 Å². The minimum Gasteiger partial charge on any atom is -0.481 e. The number of carboxylic acids is 1. The summed E-state index contributed by atoms with van der Waals surface area (Å²) in [6.07, 6.45) is 1.19. The summed E-state index contributed by atoms with van der Waals surface area (Å²) in [7, 11) is 0. The van der Waals surface area contributed by atoms with Crippen molar-refractivity contribution < 1.29 is 9.90 Å². The van der Waals surface area contributed by atoms with Crippen LogP contribution in [0.1, 0.15) is 19.8 Å². The fraction of sp³-hybridized carbons (Fsp3) is 0.417. The third-order valence-electron chi connectivity index (χ3n) is 2.28. The molecule has 0 spiro atoms. The van der Waals surface area contributed by atoms with Crippen LogP contribution in [0, 0.1) is 0 Å². The van der Waals surface area contributed by atoms with E-state index in [2.05, 4.69) is 27.8 Å². The molecule has 0 bridgehead atoms. The highest BCUT2D eigenvalue weighted by Crippen LogP contribution is 2.18. The van der Waals surface area contributed by atoms with Crippen molar-refractivity contribution >= 4 is 27.6 Å². The van der Waals surface area contributed by atoms with Gasteiger partial charge in [-0.15, -0.1) is 0 Å². The highest BCUT2D eigenvalue weighted by Gasteiger charge is 2.07. The van der Waals surface area contributed by atoms with Gasteiger partial charge in [0, 0.05) is 23.2 Å². The van der Waals surface area contributed by atoms with Gasteiger partial charge in [0.1, 0.15) is 0 Å². The van der Waals surface area contributed by atoms with Crippen LogP contribution in [0.2, 0.25) is 0 Å². The Morgan fingerprint density at radius 1 is 1.31 bits per heavy atom. The molecular weight excluding hydrogens is 270 g/mol. The number of halogens is 1. The van der Waals surface area contributed by atoms with Gasteiger partial charge in [0.2, 0.25) is 0 Å². The maximum absolute atomic E-state index is 10.6. The number of carboxylic acid groups (broad SMARTS) is 1. The number of benzene rings is 1. The van der Waals surface area contributed by atoms with Crippen molar-refractivity contribution in [1.29, 1.82) is 0 Å². The Morgan fingerprint density at radius 2 is 1.94 bits per heavy atom. The molecule has 0 aromatic heterocycles. The second-order valence-corrected chi connectivity index (χ2v) is 4.52. The van der Waals surface area contributed by atoms with E-state index < -0.39 is 5.97 Å². The van der Waals surface area contributed by atoms with E-state index in [1.165, 1.54) is 0 Å². The van der Waals surface area contributed by atoms with Gasteiger partial charge in [0.25, 0.3) is 0 Å². The molecule has 0 aliphatic carbocycles. The summed E-state index contributed by atoms with van der Waals surface area (Å²) in [5.74, 6) is -0.752. The quantitative estimate of drug-likeness (QED) is 0.873. The van der Waals surface area contributed by atoms with E-state index in [0.29, 0.717) is 6.54 Å². The lowest BCUT2D eigenvalue weighted by atomic mass is 10.2. The molecule has 16 heavy (non-hydrogen) atoms. The number of carbonyl (C=O) groups is 1. The molecule has 4 heteroatoms. The van der Waals surface area contributed by atoms with E-state index in [-0.39, 0.29) is 6.42 Å². The summed E-state index contributed by atoms with van der Waals surface area (Å²) in [4.78, 5) is 12.7. The Morgan fingerprint density at radius 3 is 2.44 bits per heavy atom. The topological polar surface area (TPSA) is 40.5 Å². The number of hydrogen-bond donors (Lipinski definition) is 1. The Kier molecular flexibility index (Phi) is 5.32. The summed E-state index contributed by atoms with van der Waals surface area (Å²) >= 11 is 3.38. The molecule has 0 saturated heterocycles. The highest BCUT2D eigenvalue weighted by molar-refractivity contribution is 9.10. The van der Waals surface area contributed by atoms with Gasteiger partial charge < -0.3 is 10.0 Å². The van der Waals surface area contributed by atoms with Crippen molar-refractivity contribution in [1.82, 2.24) is 0 Å². The van der Waals surface area contributed by atoms with Gasteiger partial charge in [-0.05, 0) is 30.7 Å². The van der Waals surface area contributed by atoms with Gasteiger partial charge in [-0.3, -0.25) is 4.79 Å². The largest absolute Gasteiger partial charge is 0.481 e. The van der Waals surface area contributed by atoms with Crippen molar-refractivity contribution in [2.24, 2.45) is 0 Å². The first-order valence-corrected chi connectivity index (χ1v) is 6.15. The molecule has 0 aliphatic rings. The second-order valence-electron chi connectivity index (χ2n) is 3.61. The fourth-order valence-corrected chi connectivity index (χ4v) is 1.79. The van der Waals surface area contributed by atoms with Crippen molar-refractivity contribution in [3.05, 3.63) is 28.7 Å².